The van der Waals surface area contributed by atoms with E-state index < -0.39 is 0 Å². The molecule has 2 aromatic rings. The normalized spacial score (nSPS) is 14.3. The molecule has 0 spiro atoms. The van der Waals surface area contributed by atoms with Gasteiger partial charge in [-0.1, -0.05) is 24.3 Å². The van der Waals surface area contributed by atoms with Crippen molar-refractivity contribution in [2.45, 2.75) is 31.7 Å². The molecule has 0 radical (unpaired) electrons. The predicted molar refractivity (Wildman–Crippen MR) is 100.0 cm³/mol. The van der Waals surface area contributed by atoms with E-state index in [1.54, 1.807) is 18.3 Å². The van der Waals surface area contributed by atoms with E-state index in [1.807, 2.05) is 12.1 Å². The summed E-state index contributed by atoms with van der Waals surface area (Å²) >= 11 is 0. The first-order valence-electron chi connectivity index (χ1n) is 8.87. The van der Waals surface area contributed by atoms with Crippen LogP contribution in [0, 0.1) is 6.92 Å². The predicted octanol–water partition coefficient (Wildman–Crippen LogP) is 2.19. The second-order valence-electron chi connectivity index (χ2n) is 6.76. The van der Waals surface area contributed by atoms with Crippen molar-refractivity contribution >= 4 is 11.9 Å². The second-order valence-corrected chi connectivity index (χ2v) is 6.76. The van der Waals surface area contributed by atoms with Crippen molar-refractivity contribution in [2.75, 3.05) is 13.1 Å². The smallest absolute Gasteiger partial charge is 0.315 e. The van der Waals surface area contributed by atoms with Crippen LogP contribution in [0.2, 0.25) is 0 Å². The summed E-state index contributed by atoms with van der Waals surface area (Å²) < 4.78 is 0. The Balaban J connectivity index is 1.39. The molecular formula is C20H24N4O2. The summed E-state index contributed by atoms with van der Waals surface area (Å²) in [5.74, 6) is -0.196. The van der Waals surface area contributed by atoms with Gasteiger partial charge in [0, 0.05) is 31.0 Å². The van der Waals surface area contributed by atoms with E-state index >= 15 is 0 Å². The molecule has 0 aliphatic heterocycles. The second kappa shape index (κ2) is 7.99. The molecule has 6 heteroatoms. The van der Waals surface area contributed by atoms with Gasteiger partial charge in [-0.15, -0.1) is 0 Å². The summed E-state index contributed by atoms with van der Waals surface area (Å²) in [5.41, 5.74) is 2.90. The summed E-state index contributed by atoms with van der Waals surface area (Å²) in [5, 5.41) is 8.65. The number of benzene rings is 1. The Kier molecular flexibility index (Phi) is 5.51. The molecule has 3 N–H and O–H groups in total. The number of rotatable bonds is 7. The van der Waals surface area contributed by atoms with E-state index in [2.05, 4.69) is 40.0 Å². The maximum Gasteiger partial charge on any atom is 0.315 e. The van der Waals surface area contributed by atoms with Gasteiger partial charge in [-0.2, -0.15) is 0 Å². The molecule has 0 atom stereocenters. The van der Waals surface area contributed by atoms with Crippen LogP contribution in [0.1, 0.15) is 34.3 Å². The van der Waals surface area contributed by atoms with Gasteiger partial charge in [-0.25, -0.2) is 4.79 Å². The fourth-order valence-electron chi connectivity index (χ4n) is 2.91. The lowest BCUT2D eigenvalue weighted by atomic mass is 10.00. The number of pyridine rings is 1. The monoisotopic (exact) mass is 352 g/mol. The zero-order valence-corrected chi connectivity index (χ0v) is 14.9. The van der Waals surface area contributed by atoms with Gasteiger partial charge in [0.1, 0.15) is 0 Å². The van der Waals surface area contributed by atoms with Crippen molar-refractivity contribution in [3.8, 4) is 0 Å². The van der Waals surface area contributed by atoms with Gasteiger partial charge >= 0.3 is 6.03 Å². The van der Waals surface area contributed by atoms with E-state index in [-0.39, 0.29) is 17.5 Å². The van der Waals surface area contributed by atoms with Crippen LogP contribution < -0.4 is 16.0 Å². The summed E-state index contributed by atoms with van der Waals surface area (Å²) in [4.78, 5) is 27.9. The topological polar surface area (TPSA) is 83.1 Å². The summed E-state index contributed by atoms with van der Waals surface area (Å²) in [6, 6.07) is 11.5. The Labute approximate surface area is 153 Å². The number of nitrogens with zero attached hydrogens (tertiary/aromatic N) is 1. The Morgan fingerprint density at radius 1 is 1.08 bits per heavy atom. The van der Waals surface area contributed by atoms with Gasteiger partial charge in [0.2, 0.25) is 0 Å². The van der Waals surface area contributed by atoms with Crippen LogP contribution in [0.3, 0.4) is 0 Å². The average Bonchev–Trinajstić information content (AvgIpc) is 3.40. The summed E-state index contributed by atoms with van der Waals surface area (Å²) in [6.07, 6.45) is 5.97. The Hall–Kier alpha value is -2.89. The highest BCUT2D eigenvalue weighted by atomic mass is 16.2. The molecule has 3 rings (SSSR count). The molecule has 1 aromatic heterocycles. The van der Waals surface area contributed by atoms with Crippen LogP contribution in [-0.2, 0) is 6.42 Å². The van der Waals surface area contributed by atoms with Crippen molar-refractivity contribution < 1.29 is 9.59 Å². The van der Waals surface area contributed by atoms with E-state index in [0.29, 0.717) is 18.7 Å². The van der Waals surface area contributed by atoms with Crippen molar-refractivity contribution in [3.63, 3.8) is 0 Å². The van der Waals surface area contributed by atoms with E-state index in [0.717, 1.165) is 19.3 Å². The molecule has 136 valence electrons. The van der Waals surface area contributed by atoms with Gasteiger partial charge in [0.25, 0.3) is 5.91 Å². The fraction of sp³-hybridized carbons (Fsp3) is 0.350. The third-order valence-corrected chi connectivity index (χ3v) is 4.64. The molecule has 1 aliphatic carbocycles. The van der Waals surface area contributed by atoms with Gasteiger partial charge in [-0.3, -0.25) is 9.78 Å². The number of urea groups is 1. The van der Waals surface area contributed by atoms with E-state index in [9.17, 15) is 9.59 Å². The fourth-order valence-corrected chi connectivity index (χ4v) is 2.91. The third kappa shape index (κ3) is 4.81. The first-order chi connectivity index (χ1) is 12.6. The molecule has 1 saturated carbocycles. The van der Waals surface area contributed by atoms with Crippen molar-refractivity contribution in [1.82, 2.24) is 20.9 Å². The maximum atomic E-state index is 12.1. The van der Waals surface area contributed by atoms with Gasteiger partial charge in [0.05, 0.1) is 5.56 Å². The average molecular weight is 352 g/mol. The van der Waals surface area contributed by atoms with Crippen LogP contribution in [0.15, 0.2) is 48.8 Å². The highest BCUT2D eigenvalue weighted by Crippen LogP contribution is 2.39. The molecule has 0 bridgehead atoms. The zero-order chi connectivity index (χ0) is 18.4. The number of nitrogens with one attached hydrogen (secondary N) is 3. The van der Waals surface area contributed by atoms with Crippen LogP contribution >= 0.6 is 0 Å². The van der Waals surface area contributed by atoms with Crippen LogP contribution in [0.4, 0.5) is 4.79 Å². The quantitative estimate of drug-likeness (QED) is 0.668. The van der Waals surface area contributed by atoms with Gasteiger partial charge in [-0.05, 0) is 49.4 Å². The molecule has 6 nitrogen and oxygen atoms in total. The minimum atomic E-state index is -0.196. The molecule has 26 heavy (non-hydrogen) atoms. The summed E-state index contributed by atoms with van der Waals surface area (Å²) in [7, 11) is 0. The number of aromatic nitrogens is 1. The summed E-state index contributed by atoms with van der Waals surface area (Å²) in [6.45, 7) is 2.83. The SMILES string of the molecule is Cc1ccccc1CC1(NC(=O)NCCNC(=O)c2cccnc2)CC1. The highest BCUT2D eigenvalue weighted by molar-refractivity contribution is 5.93. The third-order valence-electron chi connectivity index (χ3n) is 4.64. The molecule has 0 unspecified atom stereocenters. The Morgan fingerprint density at radius 3 is 2.54 bits per heavy atom. The van der Waals surface area contributed by atoms with Crippen LogP contribution in [0.5, 0.6) is 0 Å². The highest BCUT2D eigenvalue weighted by Gasteiger charge is 2.44. The molecule has 1 aromatic carbocycles. The first-order valence-corrected chi connectivity index (χ1v) is 8.87. The van der Waals surface area contributed by atoms with Crippen LogP contribution in [0.25, 0.3) is 0 Å². The number of carbonyl (C=O) groups is 2. The Bertz CT molecular complexity index is 772. The minimum Gasteiger partial charge on any atom is -0.350 e. The van der Waals surface area contributed by atoms with Crippen LogP contribution in [-0.4, -0.2) is 35.6 Å². The number of amides is 3. The Morgan fingerprint density at radius 2 is 1.85 bits per heavy atom. The molecule has 1 aliphatic rings. The molecule has 1 heterocycles. The van der Waals surface area contributed by atoms with Crippen molar-refractivity contribution in [3.05, 3.63) is 65.5 Å². The standard InChI is InChI=1S/C20H24N4O2/c1-15-5-2-3-6-16(15)13-20(8-9-20)24-19(26)23-12-11-22-18(25)17-7-4-10-21-14-17/h2-7,10,14H,8-9,11-13H2,1H3,(H,22,25)(H2,23,24,26). The number of hydrogen-bond acceptors (Lipinski definition) is 3. The van der Waals surface area contributed by atoms with E-state index in [1.165, 1.54) is 17.3 Å². The molecular weight excluding hydrogens is 328 g/mol. The lowest BCUT2D eigenvalue weighted by Crippen LogP contribution is -2.46. The maximum absolute atomic E-state index is 12.1. The van der Waals surface area contributed by atoms with Crippen molar-refractivity contribution in [2.24, 2.45) is 0 Å². The largest absolute Gasteiger partial charge is 0.350 e. The van der Waals surface area contributed by atoms with E-state index in [4.69, 9.17) is 0 Å². The first kappa shape index (κ1) is 17.9. The number of hydrogen-bond donors (Lipinski definition) is 3. The zero-order valence-electron chi connectivity index (χ0n) is 14.9. The van der Waals surface area contributed by atoms with Gasteiger partial charge < -0.3 is 16.0 Å². The molecule has 3 amide bonds. The number of carbonyl (C=O) groups excluding carboxylic acids is 2. The van der Waals surface area contributed by atoms with Gasteiger partial charge in [0.15, 0.2) is 0 Å². The molecule has 0 saturated heterocycles. The number of aryl methyl sites for hydroxylation is 1. The lowest BCUT2D eigenvalue weighted by molar-refractivity contribution is 0.0953. The van der Waals surface area contributed by atoms with Crippen molar-refractivity contribution in [1.29, 1.82) is 0 Å². The minimum absolute atomic E-state index is 0.130. The lowest BCUT2D eigenvalue weighted by Gasteiger charge is -2.19. The molecule has 1 fully saturated rings.